The molecule has 1 saturated heterocycles. The van der Waals surface area contributed by atoms with Crippen LogP contribution in [0.4, 0.5) is 0 Å². The Kier molecular flexibility index (Phi) is 5.59. The monoisotopic (exact) mass is 413 g/mol. The van der Waals surface area contributed by atoms with Gasteiger partial charge in [0.1, 0.15) is 15.8 Å². The summed E-state index contributed by atoms with van der Waals surface area (Å²) in [5, 5.41) is 11.3. The number of ether oxygens (including phenoxy) is 1. The number of aromatic nitrogens is 2. The van der Waals surface area contributed by atoms with E-state index in [4.69, 9.17) is 16.3 Å². The Balaban J connectivity index is 1.48. The van der Waals surface area contributed by atoms with Crippen molar-refractivity contribution in [1.82, 2.24) is 15.1 Å². The predicted molar refractivity (Wildman–Crippen MR) is 111 cm³/mol. The third kappa shape index (κ3) is 4.03. The van der Waals surface area contributed by atoms with Gasteiger partial charge in [-0.25, -0.2) is 0 Å². The average Bonchev–Trinajstić information content (AvgIpc) is 3.24. The molecule has 1 aromatic heterocycles. The molecule has 1 aliphatic rings. The van der Waals surface area contributed by atoms with E-state index in [9.17, 15) is 4.79 Å². The smallest absolute Gasteiger partial charge is 0.253 e. The van der Waals surface area contributed by atoms with Gasteiger partial charge in [0.25, 0.3) is 5.91 Å². The highest BCUT2D eigenvalue weighted by Crippen LogP contribution is 2.33. The number of amides is 1. The van der Waals surface area contributed by atoms with Crippen molar-refractivity contribution >= 4 is 28.8 Å². The van der Waals surface area contributed by atoms with Crippen molar-refractivity contribution in [3.8, 4) is 16.3 Å². The molecule has 1 amide bonds. The fourth-order valence-electron chi connectivity index (χ4n) is 3.39. The van der Waals surface area contributed by atoms with Crippen LogP contribution in [0.3, 0.4) is 0 Å². The Labute approximate surface area is 172 Å². The third-order valence-electron chi connectivity index (χ3n) is 4.93. The molecular formula is C21H20ClN3O2S. The van der Waals surface area contributed by atoms with Crippen LogP contribution in [0.5, 0.6) is 5.75 Å². The molecule has 0 bridgehead atoms. The van der Waals surface area contributed by atoms with E-state index in [0.29, 0.717) is 17.1 Å². The third-order valence-corrected chi connectivity index (χ3v) is 6.31. The maximum Gasteiger partial charge on any atom is 0.253 e. The highest BCUT2D eigenvalue weighted by atomic mass is 35.5. The molecule has 4 rings (SSSR count). The van der Waals surface area contributed by atoms with Gasteiger partial charge in [-0.2, -0.15) is 0 Å². The molecule has 2 heterocycles. The van der Waals surface area contributed by atoms with E-state index < -0.39 is 0 Å². The minimum absolute atomic E-state index is 0.0428. The number of benzene rings is 2. The van der Waals surface area contributed by atoms with E-state index in [2.05, 4.69) is 10.2 Å². The lowest BCUT2D eigenvalue weighted by Crippen LogP contribution is -2.39. The van der Waals surface area contributed by atoms with Gasteiger partial charge >= 0.3 is 0 Å². The van der Waals surface area contributed by atoms with Gasteiger partial charge in [-0.05, 0) is 61.4 Å². The summed E-state index contributed by atoms with van der Waals surface area (Å²) in [6, 6.07) is 14.9. The van der Waals surface area contributed by atoms with Crippen molar-refractivity contribution in [2.24, 2.45) is 0 Å². The second kappa shape index (κ2) is 8.29. The van der Waals surface area contributed by atoms with Crippen LogP contribution in [0.15, 0.2) is 48.5 Å². The molecule has 7 heteroatoms. The van der Waals surface area contributed by atoms with Gasteiger partial charge in [0.05, 0.1) is 7.11 Å². The normalized spacial score (nSPS) is 16.8. The van der Waals surface area contributed by atoms with Crippen LogP contribution in [-0.2, 0) is 0 Å². The molecular weight excluding hydrogens is 394 g/mol. The Morgan fingerprint density at radius 3 is 2.61 bits per heavy atom. The van der Waals surface area contributed by atoms with Gasteiger partial charge in [0, 0.05) is 35.2 Å². The van der Waals surface area contributed by atoms with Crippen LogP contribution in [0.25, 0.3) is 10.6 Å². The lowest BCUT2D eigenvalue weighted by atomic mass is 9.98. The minimum atomic E-state index is 0.0428. The molecule has 5 nitrogen and oxygen atoms in total. The van der Waals surface area contributed by atoms with E-state index in [-0.39, 0.29) is 11.8 Å². The molecule has 0 radical (unpaired) electrons. The number of nitrogens with zero attached hydrogens (tertiary/aromatic N) is 3. The van der Waals surface area contributed by atoms with E-state index in [1.165, 1.54) is 0 Å². The molecule has 1 aliphatic heterocycles. The highest BCUT2D eigenvalue weighted by molar-refractivity contribution is 7.14. The molecule has 1 unspecified atom stereocenters. The zero-order chi connectivity index (χ0) is 19.5. The summed E-state index contributed by atoms with van der Waals surface area (Å²) in [4.78, 5) is 14.7. The lowest BCUT2D eigenvalue weighted by Gasteiger charge is -2.31. The number of likely N-dealkylation sites (tertiary alicyclic amines) is 1. The van der Waals surface area contributed by atoms with Gasteiger partial charge in [-0.15, -0.1) is 10.2 Å². The number of halogens is 1. The minimum Gasteiger partial charge on any atom is -0.497 e. The quantitative estimate of drug-likeness (QED) is 0.611. The van der Waals surface area contributed by atoms with Gasteiger partial charge in [-0.1, -0.05) is 22.9 Å². The Morgan fingerprint density at radius 2 is 1.89 bits per heavy atom. The van der Waals surface area contributed by atoms with Crippen molar-refractivity contribution in [1.29, 1.82) is 0 Å². The van der Waals surface area contributed by atoms with Crippen LogP contribution in [0, 0.1) is 0 Å². The summed E-state index contributed by atoms with van der Waals surface area (Å²) in [6.45, 7) is 1.43. The van der Waals surface area contributed by atoms with E-state index in [1.54, 1.807) is 42.7 Å². The van der Waals surface area contributed by atoms with Crippen molar-refractivity contribution in [3.05, 3.63) is 64.1 Å². The second-order valence-electron chi connectivity index (χ2n) is 6.77. The summed E-state index contributed by atoms with van der Waals surface area (Å²) in [7, 11) is 1.65. The Hall–Kier alpha value is -2.44. The number of piperidine rings is 1. The van der Waals surface area contributed by atoms with Crippen LogP contribution in [-0.4, -0.2) is 41.2 Å². The maximum absolute atomic E-state index is 12.8. The summed E-state index contributed by atoms with van der Waals surface area (Å²) in [6.07, 6.45) is 1.98. The molecule has 0 spiro atoms. The molecule has 0 aliphatic carbocycles. The highest BCUT2D eigenvalue weighted by Gasteiger charge is 2.28. The largest absolute Gasteiger partial charge is 0.497 e. The number of rotatable bonds is 4. The molecule has 3 aromatic rings. The number of hydrogen-bond donors (Lipinski definition) is 0. The SMILES string of the molecule is COc1ccc(-c2nnc(C3CCCN(C(=O)c4ccc(Cl)cc4)C3)s2)cc1. The molecule has 1 fully saturated rings. The molecule has 28 heavy (non-hydrogen) atoms. The first-order valence-electron chi connectivity index (χ1n) is 9.16. The summed E-state index contributed by atoms with van der Waals surface area (Å²) in [5.74, 6) is 1.08. The first kappa shape index (κ1) is 18.9. The van der Waals surface area contributed by atoms with Gasteiger partial charge < -0.3 is 9.64 Å². The average molecular weight is 414 g/mol. The fourth-order valence-corrected chi connectivity index (χ4v) is 4.49. The maximum atomic E-state index is 12.8. The van der Waals surface area contributed by atoms with Crippen molar-refractivity contribution in [2.45, 2.75) is 18.8 Å². The van der Waals surface area contributed by atoms with Gasteiger partial charge in [0.15, 0.2) is 0 Å². The number of carbonyl (C=O) groups is 1. The topological polar surface area (TPSA) is 55.3 Å². The van der Waals surface area contributed by atoms with Crippen LogP contribution in [0.1, 0.15) is 34.1 Å². The first-order chi connectivity index (χ1) is 13.6. The van der Waals surface area contributed by atoms with Crippen molar-refractivity contribution < 1.29 is 9.53 Å². The second-order valence-corrected chi connectivity index (χ2v) is 8.22. The summed E-state index contributed by atoms with van der Waals surface area (Å²) < 4.78 is 5.21. The van der Waals surface area contributed by atoms with Crippen LogP contribution >= 0.6 is 22.9 Å². The molecule has 144 valence electrons. The zero-order valence-electron chi connectivity index (χ0n) is 15.5. The molecule has 0 N–H and O–H groups in total. The summed E-state index contributed by atoms with van der Waals surface area (Å²) >= 11 is 7.53. The van der Waals surface area contributed by atoms with Crippen molar-refractivity contribution in [2.75, 3.05) is 20.2 Å². The van der Waals surface area contributed by atoms with Crippen LogP contribution < -0.4 is 4.74 Å². The molecule has 2 aromatic carbocycles. The standard InChI is InChI=1S/C21H20ClN3O2S/c1-27-18-10-6-14(7-11-18)19-23-24-20(28-19)16-3-2-12-25(13-16)21(26)15-4-8-17(22)9-5-15/h4-11,16H,2-3,12-13H2,1H3. The number of carbonyl (C=O) groups excluding carboxylic acids is 1. The summed E-state index contributed by atoms with van der Waals surface area (Å²) in [5.41, 5.74) is 1.69. The van der Waals surface area contributed by atoms with Crippen molar-refractivity contribution in [3.63, 3.8) is 0 Å². The molecule has 0 saturated carbocycles. The van der Waals surface area contributed by atoms with Gasteiger partial charge in [-0.3, -0.25) is 4.79 Å². The van der Waals surface area contributed by atoms with E-state index >= 15 is 0 Å². The molecule has 1 atom stereocenters. The number of hydrogen-bond acceptors (Lipinski definition) is 5. The van der Waals surface area contributed by atoms with E-state index in [0.717, 1.165) is 40.7 Å². The van der Waals surface area contributed by atoms with E-state index in [1.807, 2.05) is 29.2 Å². The predicted octanol–water partition coefficient (Wildman–Crippen LogP) is 4.89. The van der Waals surface area contributed by atoms with Gasteiger partial charge in [0.2, 0.25) is 0 Å². The first-order valence-corrected chi connectivity index (χ1v) is 10.4. The van der Waals surface area contributed by atoms with Crippen LogP contribution in [0.2, 0.25) is 5.02 Å². The zero-order valence-corrected chi connectivity index (χ0v) is 17.0. The fraction of sp³-hybridized carbons (Fsp3) is 0.286. The number of methoxy groups -OCH3 is 1. The Bertz CT molecular complexity index is 957. The lowest BCUT2D eigenvalue weighted by molar-refractivity contribution is 0.0707. The Morgan fingerprint density at radius 1 is 1.14 bits per heavy atom.